The molecular weight excluding hydrogens is 444 g/mol. The van der Waals surface area contributed by atoms with E-state index in [2.05, 4.69) is 103 Å². The third kappa shape index (κ3) is 2.85. The Balaban J connectivity index is 1.88. The van der Waals surface area contributed by atoms with Crippen LogP contribution in [0.5, 0.6) is 0 Å². The average Bonchev–Trinajstić information content (AvgIpc) is 3.45. The zero-order chi connectivity index (χ0) is 23.5. The molecule has 3 heteroatoms. The molecule has 0 unspecified atom stereocenters. The lowest BCUT2D eigenvalue weighted by Crippen LogP contribution is -1.97. The fraction of sp³-hybridized carbons (Fsp3) is 0.0938. The maximum Gasteiger partial charge on any atom is 0.137 e. The molecular formula is C32H24N2S. The first-order valence-corrected chi connectivity index (χ1v) is 13.0. The van der Waals surface area contributed by atoms with Gasteiger partial charge in [-0.2, -0.15) is 0 Å². The minimum Gasteiger partial charge on any atom is -0.293 e. The topological polar surface area (TPSA) is 17.8 Å². The molecule has 7 rings (SSSR count). The highest BCUT2D eigenvalue weighted by molar-refractivity contribution is 7.27. The van der Waals surface area contributed by atoms with E-state index >= 15 is 0 Å². The van der Waals surface area contributed by atoms with Crippen LogP contribution in [-0.2, 0) is 0 Å². The molecule has 0 saturated carbocycles. The summed E-state index contributed by atoms with van der Waals surface area (Å²) in [5.41, 5.74) is 5.05. The minimum absolute atomic E-state index is 0.952. The summed E-state index contributed by atoms with van der Waals surface area (Å²) >= 11 is 1.89. The van der Waals surface area contributed by atoms with Crippen molar-refractivity contribution in [2.45, 2.75) is 20.3 Å². The lowest BCUT2D eigenvalue weighted by molar-refractivity contribution is 1.08. The summed E-state index contributed by atoms with van der Waals surface area (Å²) in [7, 11) is 0. The van der Waals surface area contributed by atoms with Gasteiger partial charge in [0.25, 0.3) is 0 Å². The number of hydrogen-bond donors (Lipinski definition) is 0. The van der Waals surface area contributed by atoms with Crippen LogP contribution in [0.4, 0.5) is 0 Å². The van der Waals surface area contributed by atoms with Gasteiger partial charge in [-0.05, 0) is 54.1 Å². The molecule has 3 aromatic heterocycles. The predicted molar refractivity (Wildman–Crippen MR) is 153 cm³/mol. The van der Waals surface area contributed by atoms with Gasteiger partial charge >= 0.3 is 0 Å². The summed E-state index contributed by atoms with van der Waals surface area (Å²) in [4.78, 5) is 4.84. The molecule has 0 atom stereocenters. The second kappa shape index (κ2) is 7.79. The molecule has 0 fully saturated rings. The number of aryl methyl sites for hydroxylation is 1. The van der Waals surface area contributed by atoms with Crippen molar-refractivity contribution < 1.29 is 0 Å². The quantitative estimate of drug-likeness (QED) is 0.252. The van der Waals surface area contributed by atoms with Crippen LogP contribution in [-0.4, -0.2) is 9.55 Å². The van der Waals surface area contributed by atoms with E-state index in [1.165, 1.54) is 63.9 Å². The van der Waals surface area contributed by atoms with Crippen molar-refractivity contribution in [2.75, 3.05) is 0 Å². The van der Waals surface area contributed by atoms with E-state index < -0.39 is 0 Å². The van der Waals surface area contributed by atoms with Crippen molar-refractivity contribution in [2.24, 2.45) is 0 Å². The molecule has 0 aliphatic heterocycles. The fourth-order valence-electron chi connectivity index (χ4n) is 5.55. The zero-order valence-corrected chi connectivity index (χ0v) is 20.6. The second-order valence-electron chi connectivity index (χ2n) is 9.10. The van der Waals surface area contributed by atoms with Crippen LogP contribution in [0, 0.1) is 6.92 Å². The summed E-state index contributed by atoms with van der Waals surface area (Å²) in [6.07, 6.45) is 7.48. The van der Waals surface area contributed by atoms with Crippen LogP contribution < -0.4 is 0 Å². The molecule has 2 nitrogen and oxygen atoms in total. The molecule has 0 bridgehead atoms. The Hall–Kier alpha value is -3.95. The van der Waals surface area contributed by atoms with Gasteiger partial charge in [0.15, 0.2) is 0 Å². The average molecular weight is 469 g/mol. The molecule has 0 aliphatic carbocycles. The Bertz CT molecular complexity index is 1940. The molecule has 168 valence electrons. The molecule has 0 saturated heterocycles. The largest absolute Gasteiger partial charge is 0.293 e. The number of rotatable bonds is 3. The van der Waals surface area contributed by atoms with Crippen molar-refractivity contribution in [1.82, 2.24) is 9.55 Å². The van der Waals surface area contributed by atoms with Crippen molar-refractivity contribution in [1.29, 1.82) is 0 Å². The zero-order valence-electron chi connectivity index (χ0n) is 19.7. The number of allylic oxidation sites excluding steroid dienone is 1. The number of aromatic nitrogens is 2. The summed E-state index contributed by atoms with van der Waals surface area (Å²) in [5.74, 6) is 0.952. The van der Waals surface area contributed by atoms with Gasteiger partial charge in [0.05, 0.1) is 11.0 Å². The molecule has 0 radical (unpaired) electrons. The highest BCUT2D eigenvalue weighted by Crippen LogP contribution is 2.48. The van der Waals surface area contributed by atoms with Crippen molar-refractivity contribution in [3.8, 4) is 5.82 Å². The van der Waals surface area contributed by atoms with Crippen LogP contribution in [0.25, 0.3) is 64.6 Å². The normalized spacial score (nSPS) is 12.3. The van der Waals surface area contributed by atoms with E-state index in [-0.39, 0.29) is 0 Å². The second-order valence-corrected chi connectivity index (χ2v) is 10.1. The number of nitrogens with zero attached hydrogens (tertiary/aromatic N) is 2. The van der Waals surface area contributed by atoms with E-state index in [9.17, 15) is 0 Å². The highest BCUT2D eigenvalue weighted by atomic mass is 32.1. The van der Waals surface area contributed by atoms with E-state index in [1.807, 2.05) is 23.6 Å². The lowest BCUT2D eigenvalue weighted by atomic mass is 9.96. The number of hydrogen-bond acceptors (Lipinski definition) is 2. The van der Waals surface area contributed by atoms with Gasteiger partial charge < -0.3 is 0 Å². The first-order valence-electron chi connectivity index (χ1n) is 12.2. The maximum atomic E-state index is 4.84. The highest BCUT2D eigenvalue weighted by Gasteiger charge is 2.23. The smallest absolute Gasteiger partial charge is 0.137 e. The van der Waals surface area contributed by atoms with E-state index in [0.717, 1.165) is 12.2 Å². The Kier molecular flexibility index (Phi) is 4.55. The van der Waals surface area contributed by atoms with Crippen LogP contribution in [0.3, 0.4) is 0 Å². The third-order valence-corrected chi connectivity index (χ3v) is 8.27. The number of benzene rings is 4. The van der Waals surface area contributed by atoms with Crippen molar-refractivity contribution in [3.05, 3.63) is 102 Å². The van der Waals surface area contributed by atoms with Crippen molar-refractivity contribution in [3.63, 3.8) is 0 Å². The van der Waals surface area contributed by atoms with Crippen LogP contribution in [0.2, 0.25) is 0 Å². The standard InChI is InChI=1S/C32H24N2S/c1-3-4-11-21-20(2)17-18-25-28(21)29-22-12-5-6-13-23(22)32-30(24-14-7-8-15-26(24)35-32)31(29)34(25)27-16-9-10-19-33-27/h4-19H,3H2,1-2H3/b11-4-. The SMILES string of the molecule is CC/C=C\c1c(C)ccc2c1c1c3ccccc3c3sc4ccccc4c3c1n2-c1ccccn1. The van der Waals surface area contributed by atoms with E-state index in [1.54, 1.807) is 0 Å². The van der Waals surface area contributed by atoms with Gasteiger partial charge in [-0.25, -0.2) is 4.98 Å². The monoisotopic (exact) mass is 468 g/mol. The maximum absolute atomic E-state index is 4.84. The summed E-state index contributed by atoms with van der Waals surface area (Å²) < 4.78 is 5.05. The number of thiophene rings is 1. The van der Waals surface area contributed by atoms with E-state index in [0.29, 0.717) is 0 Å². The first-order chi connectivity index (χ1) is 17.3. The van der Waals surface area contributed by atoms with Gasteiger partial charge in [-0.3, -0.25) is 4.57 Å². The van der Waals surface area contributed by atoms with Crippen LogP contribution in [0.1, 0.15) is 24.5 Å². The van der Waals surface area contributed by atoms with Crippen LogP contribution in [0.15, 0.2) is 91.1 Å². The van der Waals surface area contributed by atoms with Gasteiger partial charge in [-0.15, -0.1) is 11.3 Å². The molecule has 4 aromatic carbocycles. The lowest BCUT2D eigenvalue weighted by Gasteiger charge is -2.09. The molecule has 35 heavy (non-hydrogen) atoms. The Morgan fingerprint density at radius 2 is 1.57 bits per heavy atom. The molecule has 3 heterocycles. The minimum atomic E-state index is 0.952. The molecule has 0 N–H and O–H groups in total. The third-order valence-electron chi connectivity index (χ3n) is 7.06. The first kappa shape index (κ1) is 20.4. The van der Waals surface area contributed by atoms with Gasteiger partial charge in [-0.1, -0.05) is 73.7 Å². The van der Waals surface area contributed by atoms with Gasteiger partial charge in [0.2, 0.25) is 0 Å². The molecule has 7 aromatic rings. The number of pyridine rings is 1. The molecule has 0 spiro atoms. The Labute approximate surface area is 207 Å². The van der Waals surface area contributed by atoms with Crippen LogP contribution >= 0.6 is 11.3 Å². The molecule has 0 aliphatic rings. The molecule has 0 amide bonds. The van der Waals surface area contributed by atoms with Gasteiger partial charge in [0, 0.05) is 42.5 Å². The summed E-state index contributed by atoms with van der Waals surface area (Å²) in [5, 5.41) is 7.89. The van der Waals surface area contributed by atoms with Crippen molar-refractivity contribution >= 4 is 70.2 Å². The predicted octanol–water partition coefficient (Wildman–Crippen LogP) is 9.43. The Morgan fingerprint density at radius 1 is 0.800 bits per heavy atom. The van der Waals surface area contributed by atoms with Gasteiger partial charge in [0.1, 0.15) is 5.82 Å². The fourth-order valence-corrected chi connectivity index (χ4v) is 6.80. The summed E-state index contributed by atoms with van der Waals surface area (Å²) in [6, 6.07) is 28.4. The number of fused-ring (bicyclic) bond motifs is 10. The Morgan fingerprint density at radius 3 is 2.37 bits per heavy atom. The summed E-state index contributed by atoms with van der Waals surface area (Å²) in [6.45, 7) is 4.42. The van der Waals surface area contributed by atoms with E-state index in [4.69, 9.17) is 4.98 Å².